The van der Waals surface area contributed by atoms with Crippen LogP contribution in [0.25, 0.3) is 0 Å². The monoisotopic (exact) mass is 263 g/mol. The van der Waals surface area contributed by atoms with Gasteiger partial charge in [0.25, 0.3) is 0 Å². The number of nitrogens with two attached hydrogens (primary N) is 1. The molecular weight excluding hydrogens is 238 g/mol. The number of nitrogens with zero attached hydrogens (tertiary/aromatic N) is 1. The average molecular weight is 263 g/mol. The molecule has 1 aromatic carbocycles. The van der Waals surface area contributed by atoms with Gasteiger partial charge in [0.2, 0.25) is 5.91 Å². The molecule has 4 nitrogen and oxygen atoms in total. The number of hydrogen-bond donors (Lipinski definition) is 2. The predicted octanol–water partition coefficient (Wildman–Crippen LogP) is 1.70. The van der Waals surface area contributed by atoms with Gasteiger partial charge in [-0.3, -0.25) is 15.1 Å². The Morgan fingerprint density at radius 3 is 2.21 bits per heavy atom. The van der Waals surface area contributed by atoms with Gasteiger partial charge in [-0.05, 0) is 31.0 Å². The van der Waals surface area contributed by atoms with E-state index in [4.69, 9.17) is 5.84 Å². The molecule has 0 aromatic heterocycles. The lowest BCUT2D eigenvalue weighted by Crippen LogP contribution is -2.32. The number of amides is 1. The summed E-state index contributed by atoms with van der Waals surface area (Å²) in [6, 6.07) is 8.66. The van der Waals surface area contributed by atoms with E-state index in [0.29, 0.717) is 18.4 Å². The van der Waals surface area contributed by atoms with Crippen LogP contribution < -0.4 is 11.3 Å². The lowest BCUT2D eigenvalue weighted by molar-refractivity contribution is -0.120. The van der Waals surface area contributed by atoms with Crippen LogP contribution in [0, 0.1) is 5.92 Å². The molecular formula is C15H25N3O. The van der Waals surface area contributed by atoms with Crippen molar-refractivity contribution in [2.24, 2.45) is 11.8 Å². The van der Waals surface area contributed by atoms with Gasteiger partial charge >= 0.3 is 0 Å². The van der Waals surface area contributed by atoms with Gasteiger partial charge in [0.15, 0.2) is 0 Å². The summed E-state index contributed by atoms with van der Waals surface area (Å²) in [6.45, 7) is 7.62. The number of carbonyl (C=O) groups excluding carboxylic acids is 1. The SMILES string of the molecule is CC(C)C(C)N(C)Cc1ccc(CC(=O)NN)cc1. The first-order valence-corrected chi connectivity index (χ1v) is 6.71. The standard InChI is InChI=1S/C15H25N3O/c1-11(2)12(3)18(4)10-14-7-5-13(6-8-14)9-15(19)17-16/h5-8,11-12H,9-10,16H2,1-4H3,(H,17,19). The largest absolute Gasteiger partial charge is 0.299 e. The fourth-order valence-corrected chi connectivity index (χ4v) is 1.94. The van der Waals surface area contributed by atoms with E-state index in [2.05, 4.69) is 50.3 Å². The molecule has 0 aliphatic carbocycles. The van der Waals surface area contributed by atoms with Crippen molar-refractivity contribution in [3.8, 4) is 0 Å². The van der Waals surface area contributed by atoms with Crippen LogP contribution in [-0.4, -0.2) is 23.9 Å². The Morgan fingerprint density at radius 1 is 1.21 bits per heavy atom. The summed E-state index contributed by atoms with van der Waals surface area (Å²) in [5.41, 5.74) is 4.37. The molecule has 1 rings (SSSR count). The Hall–Kier alpha value is -1.39. The second-order valence-electron chi connectivity index (χ2n) is 5.46. The van der Waals surface area contributed by atoms with Crippen molar-refractivity contribution in [3.63, 3.8) is 0 Å². The van der Waals surface area contributed by atoms with Crippen LogP contribution in [0.5, 0.6) is 0 Å². The molecule has 0 heterocycles. The summed E-state index contributed by atoms with van der Waals surface area (Å²) in [5.74, 6) is 5.54. The normalized spacial score (nSPS) is 12.8. The maximum atomic E-state index is 11.2. The summed E-state index contributed by atoms with van der Waals surface area (Å²) in [5, 5.41) is 0. The molecule has 0 saturated heterocycles. The molecule has 4 heteroatoms. The molecule has 1 atom stereocenters. The Bertz CT molecular complexity index is 400. The van der Waals surface area contributed by atoms with Gasteiger partial charge in [-0.15, -0.1) is 0 Å². The third-order valence-corrected chi connectivity index (χ3v) is 3.64. The summed E-state index contributed by atoms with van der Waals surface area (Å²) >= 11 is 0. The van der Waals surface area contributed by atoms with Crippen molar-refractivity contribution in [2.45, 2.75) is 39.8 Å². The number of hydrogen-bond acceptors (Lipinski definition) is 3. The first kappa shape index (κ1) is 15.7. The zero-order valence-electron chi connectivity index (χ0n) is 12.3. The van der Waals surface area contributed by atoms with E-state index in [1.54, 1.807) is 0 Å². The number of benzene rings is 1. The fourth-order valence-electron chi connectivity index (χ4n) is 1.94. The highest BCUT2D eigenvalue weighted by atomic mass is 16.2. The molecule has 1 unspecified atom stereocenters. The molecule has 106 valence electrons. The fraction of sp³-hybridized carbons (Fsp3) is 0.533. The second-order valence-corrected chi connectivity index (χ2v) is 5.46. The van der Waals surface area contributed by atoms with Gasteiger partial charge < -0.3 is 0 Å². The molecule has 3 N–H and O–H groups in total. The van der Waals surface area contributed by atoms with Crippen LogP contribution in [0.15, 0.2) is 24.3 Å². The van der Waals surface area contributed by atoms with Crippen molar-refractivity contribution in [1.82, 2.24) is 10.3 Å². The van der Waals surface area contributed by atoms with Crippen LogP contribution in [0.2, 0.25) is 0 Å². The average Bonchev–Trinajstić information content (AvgIpc) is 2.39. The molecule has 0 saturated carbocycles. The summed E-state index contributed by atoms with van der Waals surface area (Å²) in [7, 11) is 2.14. The topological polar surface area (TPSA) is 58.4 Å². The second kappa shape index (κ2) is 7.26. The molecule has 0 spiro atoms. The minimum atomic E-state index is -0.168. The predicted molar refractivity (Wildman–Crippen MR) is 78.2 cm³/mol. The zero-order valence-corrected chi connectivity index (χ0v) is 12.3. The highest BCUT2D eigenvalue weighted by molar-refractivity contribution is 5.77. The van der Waals surface area contributed by atoms with Gasteiger partial charge in [0.1, 0.15) is 0 Å². The Labute approximate surface area is 115 Å². The molecule has 1 amide bonds. The van der Waals surface area contributed by atoms with Crippen molar-refractivity contribution in [2.75, 3.05) is 7.05 Å². The van der Waals surface area contributed by atoms with Crippen molar-refractivity contribution in [3.05, 3.63) is 35.4 Å². The maximum Gasteiger partial charge on any atom is 0.238 e. The summed E-state index contributed by atoms with van der Waals surface area (Å²) in [6.07, 6.45) is 0.328. The van der Waals surface area contributed by atoms with Crippen molar-refractivity contribution in [1.29, 1.82) is 0 Å². The van der Waals surface area contributed by atoms with Crippen LogP contribution in [-0.2, 0) is 17.8 Å². The van der Waals surface area contributed by atoms with E-state index in [1.807, 2.05) is 12.1 Å². The van der Waals surface area contributed by atoms with Crippen LogP contribution >= 0.6 is 0 Å². The third-order valence-electron chi connectivity index (χ3n) is 3.64. The van der Waals surface area contributed by atoms with Crippen LogP contribution in [0.3, 0.4) is 0 Å². The lowest BCUT2D eigenvalue weighted by atomic mass is 10.0. The molecule has 19 heavy (non-hydrogen) atoms. The quantitative estimate of drug-likeness (QED) is 0.466. The van der Waals surface area contributed by atoms with E-state index in [1.165, 1.54) is 5.56 Å². The number of hydrazine groups is 1. The molecule has 0 aliphatic heterocycles. The van der Waals surface area contributed by atoms with E-state index in [-0.39, 0.29) is 5.91 Å². The molecule has 0 aliphatic rings. The first-order valence-electron chi connectivity index (χ1n) is 6.71. The lowest BCUT2D eigenvalue weighted by Gasteiger charge is -2.27. The first-order chi connectivity index (χ1) is 8.93. The van der Waals surface area contributed by atoms with Gasteiger partial charge in [-0.1, -0.05) is 38.1 Å². The summed E-state index contributed by atoms with van der Waals surface area (Å²) < 4.78 is 0. The Morgan fingerprint density at radius 2 is 1.74 bits per heavy atom. The van der Waals surface area contributed by atoms with Crippen molar-refractivity contribution < 1.29 is 4.79 Å². The summed E-state index contributed by atoms with van der Waals surface area (Å²) in [4.78, 5) is 13.5. The van der Waals surface area contributed by atoms with E-state index < -0.39 is 0 Å². The number of nitrogens with one attached hydrogen (secondary N) is 1. The molecule has 0 fully saturated rings. The Balaban J connectivity index is 2.59. The zero-order chi connectivity index (χ0) is 14.4. The number of carbonyl (C=O) groups is 1. The Kier molecular flexibility index (Phi) is 5.99. The van der Waals surface area contributed by atoms with E-state index in [0.717, 1.165) is 12.1 Å². The third kappa shape index (κ3) is 5.01. The molecule has 1 aromatic rings. The van der Waals surface area contributed by atoms with E-state index >= 15 is 0 Å². The van der Waals surface area contributed by atoms with Crippen molar-refractivity contribution >= 4 is 5.91 Å². The molecule has 0 radical (unpaired) electrons. The highest BCUT2D eigenvalue weighted by Gasteiger charge is 2.13. The van der Waals surface area contributed by atoms with Gasteiger partial charge in [-0.25, -0.2) is 5.84 Å². The number of rotatable bonds is 6. The molecule has 0 bridgehead atoms. The van der Waals surface area contributed by atoms with Gasteiger partial charge in [0.05, 0.1) is 6.42 Å². The van der Waals surface area contributed by atoms with Crippen LogP contribution in [0.4, 0.5) is 0 Å². The van der Waals surface area contributed by atoms with E-state index in [9.17, 15) is 4.79 Å². The maximum absolute atomic E-state index is 11.2. The van der Waals surface area contributed by atoms with Gasteiger partial charge in [-0.2, -0.15) is 0 Å². The minimum Gasteiger partial charge on any atom is -0.299 e. The highest BCUT2D eigenvalue weighted by Crippen LogP contribution is 2.13. The minimum absolute atomic E-state index is 0.168. The van der Waals surface area contributed by atoms with Gasteiger partial charge in [0, 0.05) is 12.6 Å². The smallest absolute Gasteiger partial charge is 0.238 e. The van der Waals surface area contributed by atoms with Crippen LogP contribution in [0.1, 0.15) is 31.9 Å².